The summed E-state index contributed by atoms with van der Waals surface area (Å²) in [5.41, 5.74) is 0.00442. The lowest BCUT2D eigenvalue weighted by atomic mass is 10.2. The second-order valence-electron chi connectivity index (χ2n) is 6.25. The molecule has 0 aliphatic heterocycles. The zero-order valence-corrected chi connectivity index (χ0v) is 15.8. The maximum atomic E-state index is 12.3. The van der Waals surface area contributed by atoms with Gasteiger partial charge in [0, 0.05) is 12.1 Å². The van der Waals surface area contributed by atoms with E-state index in [0.717, 1.165) is 18.9 Å². The molecule has 1 fully saturated rings. The molecule has 1 aliphatic carbocycles. The standard InChI is InChI=1S/C16H21ClN2O5S/c1-9(2)18-15(20)10(3)24-16(21)11-4-7-13(17)14(8-11)25(22,23)19-12-5-6-12/h4,7-10,12,19H,5-6H2,1-3H3,(H,18,20)/t10-/m1/s1. The SMILES string of the molecule is CC(C)NC(=O)[C@@H](C)OC(=O)c1ccc(Cl)c(S(=O)(=O)NC2CC2)c1. The molecule has 2 N–H and O–H groups in total. The number of rotatable bonds is 7. The molecule has 1 amide bonds. The highest BCUT2D eigenvalue weighted by atomic mass is 35.5. The van der Waals surface area contributed by atoms with E-state index in [0.29, 0.717) is 0 Å². The molecular weight excluding hydrogens is 368 g/mol. The Balaban J connectivity index is 2.15. The molecule has 7 nitrogen and oxygen atoms in total. The average molecular weight is 389 g/mol. The molecule has 0 radical (unpaired) electrons. The number of benzene rings is 1. The Hall–Kier alpha value is -1.64. The fourth-order valence-electron chi connectivity index (χ4n) is 2.00. The minimum atomic E-state index is -3.81. The highest BCUT2D eigenvalue weighted by Crippen LogP contribution is 2.27. The van der Waals surface area contributed by atoms with Crippen LogP contribution in [0.3, 0.4) is 0 Å². The molecule has 2 rings (SSSR count). The molecule has 9 heteroatoms. The van der Waals surface area contributed by atoms with E-state index in [2.05, 4.69) is 10.0 Å². The van der Waals surface area contributed by atoms with Crippen molar-refractivity contribution in [2.75, 3.05) is 0 Å². The molecule has 0 aromatic heterocycles. The zero-order valence-electron chi connectivity index (χ0n) is 14.2. The summed E-state index contributed by atoms with van der Waals surface area (Å²) >= 11 is 5.97. The van der Waals surface area contributed by atoms with Gasteiger partial charge in [0.15, 0.2) is 6.10 Å². The van der Waals surface area contributed by atoms with Gasteiger partial charge in [-0.3, -0.25) is 4.79 Å². The Bertz CT molecular complexity index is 775. The summed E-state index contributed by atoms with van der Waals surface area (Å²) in [5.74, 6) is -1.23. The van der Waals surface area contributed by atoms with Gasteiger partial charge in [0.2, 0.25) is 10.0 Å². The van der Waals surface area contributed by atoms with Crippen LogP contribution in [-0.2, 0) is 19.6 Å². The Kier molecular flexibility index (Phi) is 6.08. The third-order valence-corrected chi connectivity index (χ3v) is 5.44. The predicted octanol–water partition coefficient (Wildman–Crippen LogP) is 1.85. The summed E-state index contributed by atoms with van der Waals surface area (Å²) in [4.78, 5) is 23.8. The number of carbonyl (C=O) groups excluding carboxylic acids is 2. The first-order valence-corrected chi connectivity index (χ1v) is 9.79. The molecule has 1 aromatic rings. The number of ether oxygens (including phenoxy) is 1. The van der Waals surface area contributed by atoms with Crippen molar-refractivity contribution in [3.63, 3.8) is 0 Å². The number of nitrogens with one attached hydrogen (secondary N) is 2. The van der Waals surface area contributed by atoms with Crippen molar-refractivity contribution in [2.45, 2.75) is 56.7 Å². The first-order chi connectivity index (χ1) is 11.6. The van der Waals surface area contributed by atoms with Crippen molar-refractivity contribution in [3.05, 3.63) is 28.8 Å². The van der Waals surface area contributed by atoms with Gasteiger partial charge in [-0.2, -0.15) is 0 Å². The molecule has 0 spiro atoms. The van der Waals surface area contributed by atoms with Crippen LogP contribution in [-0.4, -0.2) is 38.5 Å². The van der Waals surface area contributed by atoms with Gasteiger partial charge in [0.25, 0.3) is 5.91 Å². The summed E-state index contributed by atoms with van der Waals surface area (Å²) in [6.45, 7) is 5.02. The molecule has 25 heavy (non-hydrogen) atoms. The van der Waals surface area contributed by atoms with Crippen LogP contribution >= 0.6 is 11.6 Å². The number of sulfonamides is 1. The maximum Gasteiger partial charge on any atom is 0.338 e. The van der Waals surface area contributed by atoms with Crippen LogP contribution in [0.5, 0.6) is 0 Å². The van der Waals surface area contributed by atoms with Gasteiger partial charge in [-0.25, -0.2) is 17.9 Å². The van der Waals surface area contributed by atoms with Crippen LogP contribution in [0, 0.1) is 0 Å². The number of hydrogen-bond acceptors (Lipinski definition) is 5. The van der Waals surface area contributed by atoms with Gasteiger partial charge >= 0.3 is 5.97 Å². The summed E-state index contributed by atoms with van der Waals surface area (Å²) < 4.78 is 32.2. The van der Waals surface area contributed by atoms with Gasteiger partial charge in [-0.05, 0) is 51.8 Å². The lowest BCUT2D eigenvalue weighted by Crippen LogP contribution is -2.39. The van der Waals surface area contributed by atoms with Gasteiger partial charge in [0.1, 0.15) is 4.90 Å². The van der Waals surface area contributed by atoms with E-state index in [1.807, 2.05) is 0 Å². The Morgan fingerprint density at radius 1 is 1.24 bits per heavy atom. The van der Waals surface area contributed by atoms with E-state index in [9.17, 15) is 18.0 Å². The lowest BCUT2D eigenvalue weighted by molar-refractivity contribution is -0.129. The molecule has 1 aliphatic rings. The summed E-state index contributed by atoms with van der Waals surface area (Å²) in [6.07, 6.45) is 0.553. The van der Waals surface area contributed by atoms with Gasteiger partial charge in [-0.15, -0.1) is 0 Å². The number of carbonyl (C=O) groups is 2. The first-order valence-electron chi connectivity index (χ1n) is 7.93. The molecule has 138 valence electrons. The van der Waals surface area contributed by atoms with Crippen molar-refractivity contribution in [3.8, 4) is 0 Å². The van der Waals surface area contributed by atoms with Crippen LogP contribution in [0.1, 0.15) is 44.0 Å². The number of halogens is 1. The Morgan fingerprint density at radius 3 is 2.44 bits per heavy atom. The minimum Gasteiger partial charge on any atom is -0.449 e. The molecule has 1 aromatic carbocycles. The smallest absolute Gasteiger partial charge is 0.338 e. The molecular formula is C16H21ClN2O5S. The van der Waals surface area contributed by atoms with E-state index in [1.165, 1.54) is 19.1 Å². The van der Waals surface area contributed by atoms with Crippen molar-refractivity contribution in [1.82, 2.24) is 10.0 Å². The van der Waals surface area contributed by atoms with Crippen molar-refractivity contribution < 1.29 is 22.7 Å². The van der Waals surface area contributed by atoms with Crippen LogP contribution in [0.15, 0.2) is 23.1 Å². The summed E-state index contributed by atoms with van der Waals surface area (Å²) in [5, 5.41) is 2.64. The summed E-state index contributed by atoms with van der Waals surface area (Å²) in [6, 6.07) is 3.65. The number of amides is 1. The molecule has 0 heterocycles. The normalized spacial score (nSPS) is 15.7. The monoisotopic (exact) mass is 388 g/mol. The van der Waals surface area contributed by atoms with Gasteiger partial charge in [0.05, 0.1) is 10.6 Å². The van der Waals surface area contributed by atoms with Crippen molar-refractivity contribution >= 4 is 33.5 Å². The van der Waals surface area contributed by atoms with Gasteiger partial charge < -0.3 is 10.1 Å². The largest absolute Gasteiger partial charge is 0.449 e. The van der Waals surface area contributed by atoms with Crippen molar-refractivity contribution in [1.29, 1.82) is 0 Å². The number of hydrogen-bond donors (Lipinski definition) is 2. The second-order valence-corrected chi connectivity index (χ2v) is 8.34. The minimum absolute atomic E-state index is 0.00442. The van der Waals surface area contributed by atoms with Crippen LogP contribution in [0.2, 0.25) is 5.02 Å². The maximum absolute atomic E-state index is 12.3. The summed E-state index contributed by atoms with van der Waals surface area (Å²) in [7, 11) is -3.81. The van der Waals surface area contributed by atoms with Crippen LogP contribution < -0.4 is 10.0 Å². The molecule has 1 saturated carbocycles. The quantitative estimate of drug-likeness (QED) is 0.694. The molecule has 0 bridgehead atoms. The topological polar surface area (TPSA) is 102 Å². The highest BCUT2D eigenvalue weighted by Gasteiger charge is 2.30. The predicted molar refractivity (Wildman–Crippen MR) is 93.0 cm³/mol. The lowest BCUT2D eigenvalue weighted by Gasteiger charge is -2.16. The van der Waals surface area contributed by atoms with E-state index in [1.54, 1.807) is 13.8 Å². The van der Waals surface area contributed by atoms with Crippen LogP contribution in [0.25, 0.3) is 0 Å². The van der Waals surface area contributed by atoms with Crippen molar-refractivity contribution in [2.24, 2.45) is 0 Å². The van der Waals surface area contributed by atoms with E-state index in [-0.39, 0.29) is 27.6 Å². The van der Waals surface area contributed by atoms with Gasteiger partial charge in [-0.1, -0.05) is 11.6 Å². The zero-order chi connectivity index (χ0) is 18.8. The Morgan fingerprint density at radius 2 is 1.88 bits per heavy atom. The van der Waals surface area contributed by atoms with E-state index >= 15 is 0 Å². The van der Waals surface area contributed by atoms with Crippen LogP contribution in [0.4, 0.5) is 0 Å². The first kappa shape index (κ1) is 19.7. The average Bonchev–Trinajstić information content (AvgIpc) is 3.29. The third-order valence-electron chi connectivity index (χ3n) is 3.44. The Labute approximate surface area is 152 Å². The highest BCUT2D eigenvalue weighted by molar-refractivity contribution is 7.89. The molecule has 1 atom stereocenters. The number of esters is 1. The van der Waals surface area contributed by atoms with E-state index in [4.69, 9.17) is 16.3 Å². The fourth-order valence-corrected chi connectivity index (χ4v) is 3.83. The second kappa shape index (κ2) is 7.72. The fraction of sp³-hybridized carbons (Fsp3) is 0.500. The van der Waals surface area contributed by atoms with E-state index < -0.39 is 28.0 Å². The molecule has 0 unspecified atom stereocenters. The molecule has 0 saturated heterocycles. The third kappa shape index (κ3) is 5.42.